The summed E-state index contributed by atoms with van der Waals surface area (Å²) in [5.41, 5.74) is 0.565. The molecule has 1 amide bonds. The van der Waals surface area contributed by atoms with Gasteiger partial charge in [-0.1, -0.05) is 18.0 Å². The minimum atomic E-state index is -3.87. The summed E-state index contributed by atoms with van der Waals surface area (Å²) < 4.78 is 42.9. The molecule has 33 heavy (non-hydrogen) atoms. The summed E-state index contributed by atoms with van der Waals surface area (Å²) in [5.74, 6) is 0.204. The largest absolute Gasteiger partial charge is 0.325 e. The second kappa shape index (κ2) is 9.58. The third-order valence-electron chi connectivity index (χ3n) is 5.49. The van der Waals surface area contributed by atoms with Crippen molar-refractivity contribution in [3.05, 3.63) is 59.1 Å². The fraction of sp³-hybridized carbons (Fsp3) is 0.318. The summed E-state index contributed by atoms with van der Waals surface area (Å²) in [6.45, 7) is 0.291. The molecule has 1 aromatic heterocycles. The Balaban J connectivity index is 1.50. The number of likely N-dealkylation sites (N-methyl/N-ethyl adjacent to an activating group) is 1. The maximum atomic E-state index is 14.6. The van der Waals surface area contributed by atoms with E-state index in [9.17, 15) is 17.6 Å². The molecule has 2 heterocycles. The monoisotopic (exact) mass is 491 g/mol. The van der Waals surface area contributed by atoms with E-state index in [1.165, 1.54) is 49.5 Å². The molecule has 0 fully saturated rings. The lowest BCUT2D eigenvalue weighted by molar-refractivity contribution is -0.116. The summed E-state index contributed by atoms with van der Waals surface area (Å²) in [5, 5.41) is 11.4. The number of aryl methyl sites for hydroxylation is 1. The Morgan fingerprint density at radius 2 is 1.91 bits per heavy atom. The Morgan fingerprint density at radius 1 is 1.15 bits per heavy atom. The highest BCUT2D eigenvalue weighted by atomic mass is 35.5. The van der Waals surface area contributed by atoms with Gasteiger partial charge in [-0.25, -0.2) is 12.8 Å². The molecule has 0 spiro atoms. The Kier molecular flexibility index (Phi) is 6.78. The van der Waals surface area contributed by atoms with Gasteiger partial charge in [-0.3, -0.25) is 4.79 Å². The van der Waals surface area contributed by atoms with Crippen molar-refractivity contribution in [2.75, 3.05) is 18.9 Å². The molecule has 0 atom stereocenters. The first-order valence-electron chi connectivity index (χ1n) is 10.5. The van der Waals surface area contributed by atoms with Crippen LogP contribution >= 0.6 is 11.6 Å². The summed E-state index contributed by atoms with van der Waals surface area (Å²) in [7, 11) is -2.56. The van der Waals surface area contributed by atoms with Crippen LogP contribution in [-0.4, -0.2) is 47.0 Å². The molecule has 0 aliphatic carbocycles. The van der Waals surface area contributed by atoms with E-state index in [-0.39, 0.29) is 10.5 Å². The molecule has 1 aliphatic heterocycles. The molecule has 0 bridgehead atoms. The quantitative estimate of drug-likeness (QED) is 0.566. The number of nitrogens with zero attached hydrogens (tertiary/aromatic N) is 4. The predicted molar refractivity (Wildman–Crippen MR) is 123 cm³/mol. The highest BCUT2D eigenvalue weighted by Crippen LogP contribution is 2.27. The first-order valence-corrected chi connectivity index (χ1v) is 12.3. The molecular formula is C22H23ClFN5O3S. The average Bonchev–Trinajstić information content (AvgIpc) is 3.02. The van der Waals surface area contributed by atoms with Gasteiger partial charge in [-0.15, -0.1) is 10.2 Å². The minimum absolute atomic E-state index is 0.0266. The number of aromatic nitrogens is 3. The molecule has 4 rings (SSSR count). The zero-order valence-corrected chi connectivity index (χ0v) is 19.5. The van der Waals surface area contributed by atoms with E-state index in [1.54, 1.807) is 0 Å². The number of nitrogens with one attached hydrogen (secondary N) is 1. The second-order valence-electron chi connectivity index (χ2n) is 7.86. The van der Waals surface area contributed by atoms with Gasteiger partial charge in [-0.05, 0) is 55.3 Å². The van der Waals surface area contributed by atoms with Crippen LogP contribution in [0.15, 0.2) is 47.4 Å². The molecule has 1 aliphatic rings. The van der Waals surface area contributed by atoms with Gasteiger partial charge >= 0.3 is 0 Å². The number of fused-ring (bicyclic) bond motifs is 1. The van der Waals surface area contributed by atoms with Crippen molar-refractivity contribution in [3.63, 3.8) is 0 Å². The van der Waals surface area contributed by atoms with Crippen molar-refractivity contribution < 1.29 is 17.6 Å². The predicted octanol–water partition coefficient (Wildman–Crippen LogP) is 3.72. The summed E-state index contributed by atoms with van der Waals surface area (Å²) in [6, 6.07) is 9.84. The van der Waals surface area contributed by atoms with Crippen LogP contribution in [0.4, 0.5) is 10.1 Å². The first kappa shape index (κ1) is 23.3. The lowest BCUT2D eigenvalue weighted by Gasteiger charge is -2.17. The van der Waals surface area contributed by atoms with E-state index >= 15 is 0 Å². The molecule has 8 nitrogen and oxygen atoms in total. The van der Waals surface area contributed by atoms with E-state index in [0.717, 1.165) is 35.8 Å². The van der Waals surface area contributed by atoms with Crippen LogP contribution in [0, 0.1) is 5.82 Å². The molecule has 2 aromatic carbocycles. The van der Waals surface area contributed by atoms with Gasteiger partial charge in [0.05, 0.1) is 17.0 Å². The lowest BCUT2D eigenvalue weighted by atomic mass is 10.1. The molecule has 174 valence electrons. The maximum Gasteiger partial charge on any atom is 0.243 e. The number of anilines is 1. The highest BCUT2D eigenvalue weighted by Gasteiger charge is 2.24. The average molecular weight is 492 g/mol. The van der Waals surface area contributed by atoms with Crippen LogP contribution in [0.3, 0.4) is 0 Å². The Hall–Kier alpha value is -2.82. The van der Waals surface area contributed by atoms with Gasteiger partial charge in [-0.2, -0.15) is 4.31 Å². The van der Waals surface area contributed by atoms with Crippen LogP contribution in [0.5, 0.6) is 0 Å². The number of halogens is 2. The Bertz CT molecular complexity index is 1280. The zero-order valence-electron chi connectivity index (χ0n) is 18.0. The molecule has 0 radical (unpaired) electrons. The molecule has 0 saturated carbocycles. The number of carbonyl (C=O) groups excluding carboxylic acids is 1. The number of rotatable bonds is 6. The van der Waals surface area contributed by atoms with E-state index in [0.29, 0.717) is 23.1 Å². The molecule has 0 saturated heterocycles. The second-order valence-corrected chi connectivity index (χ2v) is 10.3. The summed E-state index contributed by atoms with van der Waals surface area (Å²) >= 11 is 5.81. The summed E-state index contributed by atoms with van der Waals surface area (Å²) in [6.07, 6.45) is 3.85. The van der Waals surface area contributed by atoms with E-state index in [1.807, 2.05) is 4.57 Å². The van der Waals surface area contributed by atoms with E-state index in [4.69, 9.17) is 11.6 Å². The lowest BCUT2D eigenvalue weighted by Crippen LogP contribution is -2.34. The fourth-order valence-electron chi connectivity index (χ4n) is 3.73. The van der Waals surface area contributed by atoms with Crippen molar-refractivity contribution in [3.8, 4) is 11.4 Å². The molecular weight excluding hydrogens is 469 g/mol. The van der Waals surface area contributed by atoms with Gasteiger partial charge < -0.3 is 9.88 Å². The van der Waals surface area contributed by atoms with Crippen molar-refractivity contribution in [1.82, 2.24) is 19.1 Å². The molecule has 11 heteroatoms. The van der Waals surface area contributed by atoms with Crippen LogP contribution in [0.2, 0.25) is 5.02 Å². The number of hydrogen-bond donors (Lipinski definition) is 1. The highest BCUT2D eigenvalue weighted by molar-refractivity contribution is 7.89. The third kappa shape index (κ3) is 5.07. The van der Waals surface area contributed by atoms with E-state index < -0.39 is 28.3 Å². The van der Waals surface area contributed by atoms with Gasteiger partial charge in [0, 0.05) is 30.7 Å². The smallest absolute Gasteiger partial charge is 0.243 e. The van der Waals surface area contributed by atoms with Crippen LogP contribution in [0.25, 0.3) is 11.4 Å². The Morgan fingerprint density at radius 3 is 2.67 bits per heavy atom. The first-order chi connectivity index (χ1) is 15.8. The molecule has 1 N–H and O–H groups in total. The third-order valence-corrected chi connectivity index (χ3v) is 7.56. The number of sulfonamides is 1. The fourth-order valence-corrected chi connectivity index (χ4v) is 4.99. The molecule has 3 aromatic rings. The number of benzene rings is 2. The van der Waals surface area contributed by atoms with Crippen LogP contribution in [-0.2, 0) is 27.8 Å². The zero-order chi connectivity index (χ0) is 23.6. The van der Waals surface area contributed by atoms with Gasteiger partial charge in [0.25, 0.3) is 0 Å². The normalized spacial score (nSPS) is 14.1. The van der Waals surface area contributed by atoms with Crippen molar-refractivity contribution in [2.24, 2.45) is 0 Å². The Labute approximate surface area is 196 Å². The maximum absolute atomic E-state index is 14.6. The number of carbonyl (C=O) groups is 1. The van der Waals surface area contributed by atoms with Crippen molar-refractivity contribution in [1.29, 1.82) is 0 Å². The number of amides is 1. The minimum Gasteiger partial charge on any atom is -0.325 e. The van der Waals surface area contributed by atoms with Crippen LogP contribution in [0.1, 0.15) is 25.1 Å². The van der Waals surface area contributed by atoms with Crippen LogP contribution < -0.4 is 5.32 Å². The van der Waals surface area contributed by atoms with E-state index in [2.05, 4.69) is 15.5 Å². The number of hydrogen-bond acceptors (Lipinski definition) is 5. The topological polar surface area (TPSA) is 97.2 Å². The van der Waals surface area contributed by atoms with Gasteiger partial charge in [0.2, 0.25) is 15.9 Å². The van der Waals surface area contributed by atoms with Crippen molar-refractivity contribution >= 4 is 33.2 Å². The van der Waals surface area contributed by atoms with Crippen molar-refractivity contribution in [2.45, 2.75) is 37.1 Å². The van der Waals surface area contributed by atoms with Gasteiger partial charge in [0.15, 0.2) is 5.82 Å². The SMILES string of the molecule is CN(CC(=O)Nc1ccc(F)c(-c2nnc3n2CCCCC3)c1)S(=O)(=O)c1ccc(Cl)cc1. The molecule has 0 unspecified atom stereocenters. The summed E-state index contributed by atoms with van der Waals surface area (Å²) in [4.78, 5) is 12.6. The van der Waals surface area contributed by atoms with Gasteiger partial charge in [0.1, 0.15) is 11.6 Å². The standard InChI is InChI=1S/C22H23ClFN5O3S/c1-28(33(31,32)17-9-6-15(23)7-10-17)14-21(30)25-16-8-11-19(24)18(13-16)22-27-26-20-5-3-2-4-12-29(20)22/h6-11,13H,2-5,12,14H2,1H3,(H,25,30).